The first kappa shape index (κ1) is 17.8. The number of rotatable bonds is 2. The molecule has 0 aliphatic carbocycles. The predicted molar refractivity (Wildman–Crippen MR) is 83.2 cm³/mol. The van der Waals surface area contributed by atoms with Crippen molar-refractivity contribution in [1.82, 2.24) is 10.2 Å². The highest BCUT2D eigenvalue weighted by atomic mass is 35.5. The van der Waals surface area contributed by atoms with Gasteiger partial charge in [-0.1, -0.05) is 11.6 Å². The minimum Gasteiger partial charge on any atom is -0.398 e. The third-order valence-electron chi connectivity index (χ3n) is 3.20. The summed E-state index contributed by atoms with van der Waals surface area (Å²) in [7, 11) is 0. The molecule has 1 aliphatic rings. The molecule has 1 aromatic carbocycles. The van der Waals surface area contributed by atoms with E-state index in [-0.39, 0.29) is 24.8 Å². The second kappa shape index (κ2) is 8.08. The average molecular weight is 313 g/mol. The maximum absolute atomic E-state index is 6.01. The molecule has 1 atom stereocenters. The van der Waals surface area contributed by atoms with Crippen LogP contribution in [-0.4, -0.2) is 31.1 Å². The van der Waals surface area contributed by atoms with Gasteiger partial charge in [0.25, 0.3) is 0 Å². The minimum absolute atomic E-state index is 0. The monoisotopic (exact) mass is 311 g/mol. The van der Waals surface area contributed by atoms with Crippen molar-refractivity contribution >= 4 is 42.1 Å². The van der Waals surface area contributed by atoms with E-state index in [1.807, 2.05) is 18.2 Å². The van der Waals surface area contributed by atoms with Gasteiger partial charge in [-0.15, -0.1) is 24.8 Å². The lowest BCUT2D eigenvalue weighted by Crippen LogP contribution is -2.44. The third-order valence-corrected chi connectivity index (χ3v) is 3.43. The first-order chi connectivity index (χ1) is 7.68. The van der Waals surface area contributed by atoms with Gasteiger partial charge in [0.2, 0.25) is 0 Å². The quantitative estimate of drug-likeness (QED) is 0.825. The van der Waals surface area contributed by atoms with Crippen LogP contribution in [0, 0.1) is 0 Å². The van der Waals surface area contributed by atoms with E-state index in [2.05, 4.69) is 17.1 Å². The minimum atomic E-state index is 0. The molecule has 1 aliphatic heterocycles. The highest BCUT2D eigenvalue weighted by molar-refractivity contribution is 6.30. The van der Waals surface area contributed by atoms with E-state index in [1.54, 1.807) is 0 Å². The van der Waals surface area contributed by atoms with Gasteiger partial charge in [-0.3, -0.25) is 4.90 Å². The fourth-order valence-electron chi connectivity index (χ4n) is 2.17. The Morgan fingerprint density at radius 2 is 1.89 bits per heavy atom. The zero-order valence-corrected chi connectivity index (χ0v) is 12.7. The molecule has 0 unspecified atom stereocenters. The molecule has 0 amide bonds. The Labute approximate surface area is 126 Å². The number of nitrogens with one attached hydrogen (secondary N) is 1. The summed E-state index contributed by atoms with van der Waals surface area (Å²) in [5.41, 5.74) is 7.96. The summed E-state index contributed by atoms with van der Waals surface area (Å²) >= 11 is 6.01. The van der Waals surface area contributed by atoms with Crippen LogP contribution in [0.15, 0.2) is 18.2 Å². The summed E-state index contributed by atoms with van der Waals surface area (Å²) in [6, 6.07) is 6.03. The summed E-state index contributed by atoms with van der Waals surface area (Å²) in [4.78, 5) is 2.43. The number of nitrogen functional groups attached to an aromatic ring is 1. The number of hydrogen-bond acceptors (Lipinski definition) is 3. The summed E-state index contributed by atoms with van der Waals surface area (Å²) in [5, 5.41) is 4.10. The van der Waals surface area contributed by atoms with E-state index in [9.17, 15) is 0 Å². The molecule has 0 radical (unpaired) electrons. The standard InChI is InChI=1S/C12H18ClN3.2ClH/c1-9(16-6-4-15-5-7-16)11-8-10(13)2-3-12(11)14;;/h2-3,8-9,15H,4-7,14H2,1H3;2*1H/t9-;;/m0../s1. The maximum Gasteiger partial charge on any atom is 0.0410 e. The van der Waals surface area contributed by atoms with E-state index in [0.29, 0.717) is 6.04 Å². The molecule has 6 heteroatoms. The van der Waals surface area contributed by atoms with Crippen LogP contribution in [0.3, 0.4) is 0 Å². The Hall–Kier alpha value is -0.190. The van der Waals surface area contributed by atoms with Crippen molar-refractivity contribution in [3.63, 3.8) is 0 Å². The second-order valence-electron chi connectivity index (χ2n) is 4.24. The first-order valence-corrected chi connectivity index (χ1v) is 6.06. The largest absolute Gasteiger partial charge is 0.398 e. The molecule has 0 aromatic heterocycles. The lowest BCUT2D eigenvalue weighted by molar-refractivity contribution is 0.186. The molecule has 1 fully saturated rings. The second-order valence-corrected chi connectivity index (χ2v) is 4.67. The third kappa shape index (κ3) is 4.18. The van der Waals surface area contributed by atoms with Crippen molar-refractivity contribution in [2.24, 2.45) is 0 Å². The Kier molecular flexibility index (Phi) is 7.99. The lowest BCUT2D eigenvalue weighted by Gasteiger charge is -2.33. The zero-order chi connectivity index (χ0) is 11.5. The van der Waals surface area contributed by atoms with Gasteiger partial charge in [-0.05, 0) is 30.7 Å². The smallest absolute Gasteiger partial charge is 0.0410 e. The Morgan fingerprint density at radius 3 is 2.50 bits per heavy atom. The normalized spacial score (nSPS) is 17.4. The van der Waals surface area contributed by atoms with Crippen LogP contribution in [0.4, 0.5) is 5.69 Å². The molecule has 3 nitrogen and oxygen atoms in total. The van der Waals surface area contributed by atoms with Gasteiger partial charge in [0.05, 0.1) is 0 Å². The Balaban J connectivity index is 0.00000144. The number of nitrogens with two attached hydrogens (primary N) is 1. The molecule has 1 saturated heterocycles. The number of halogens is 3. The molecule has 2 rings (SSSR count). The molecule has 0 spiro atoms. The summed E-state index contributed by atoms with van der Waals surface area (Å²) in [5.74, 6) is 0. The molecule has 3 N–H and O–H groups in total. The summed E-state index contributed by atoms with van der Waals surface area (Å²) in [6.45, 7) is 6.41. The highest BCUT2D eigenvalue weighted by Crippen LogP contribution is 2.28. The van der Waals surface area contributed by atoms with Crippen LogP contribution in [0.2, 0.25) is 5.02 Å². The van der Waals surface area contributed by atoms with Crippen LogP contribution in [0.5, 0.6) is 0 Å². The Bertz CT molecular complexity index is 368. The van der Waals surface area contributed by atoms with Crippen LogP contribution in [-0.2, 0) is 0 Å². The van der Waals surface area contributed by atoms with Crippen molar-refractivity contribution in [2.45, 2.75) is 13.0 Å². The van der Waals surface area contributed by atoms with Gasteiger partial charge in [-0.25, -0.2) is 0 Å². The number of anilines is 1. The topological polar surface area (TPSA) is 41.3 Å². The van der Waals surface area contributed by atoms with Crippen molar-refractivity contribution in [2.75, 3.05) is 31.9 Å². The molecule has 0 saturated carbocycles. The molecule has 1 aromatic rings. The SMILES string of the molecule is C[C@@H](c1cc(Cl)ccc1N)N1CCNCC1.Cl.Cl. The van der Waals surface area contributed by atoms with E-state index in [1.165, 1.54) is 0 Å². The fourth-order valence-corrected chi connectivity index (χ4v) is 2.35. The lowest BCUT2D eigenvalue weighted by atomic mass is 10.0. The van der Waals surface area contributed by atoms with E-state index >= 15 is 0 Å². The number of hydrogen-bond donors (Lipinski definition) is 2. The molecular formula is C12H20Cl3N3. The summed E-state index contributed by atoms with van der Waals surface area (Å²) < 4.78 is 0. The number of nitrogens with zero attached hydrogens (tertiary/aromatic N) is 1. The van der Waals surface area contributed by atoms with Crippen molar-refractivity contribution in [3.8, 4) is 0 Å². The summed E-state index contributed by atoms with van der Waals surface area (Å²) in [6.07, 6.45) is 0. The number of benzene rings is 1. The van der Waals surface area contributed by atoms with Gasteiger partial charge in [0, 0.05) is 42.9 Å². The van der Waals surface area contributed by atoms with Crippen molar-refractivity contribution in [3.05, 3.63) is 28.8 Å². The van der Waals surface area contributed by atoms with Gasteiger partial charge in [0.1, 0.15) is 0 Å². The van der Waals surface area contributed by atoms with Gasteiger partial charge in [0.15, 0.2) is 0 Å². The van der Waals surface area contributed by atoms with Gasteiger partial charge in [-0.2, -0.15) is 0 Å². The molecule has 0 bridgehead atoms. The molecule has 104 valence electrons. The van der Waals surface area contributed by atoms with Gasteiger partial charge < -0.3 is 11.1 Å². The van der Waals surface area contributed by atoms with Crippen molar-refractivity contribution < 1.29 is 0 Å². The van der Waals surface area contributed by atoms with Crippen LogP contribution in [0.1, 0.15) is 18.5 Å². The fraction of sp³-hybridized carbons (Fsp3) is 0.500. The molecule has 18 heavy (non-hydrogen) atoms. The van der Waals surface area contributed by atoms with E-state index < -0.39 is 0 Å². The van der Waals surface area contributed by atoms with Gasteiger partial charge >= 0.3 is 0 Å². The zero-order valence-electron chi connectivity index (χ0n) is 10.4. The van der Waals surface area contributed by atoms with E-state index in [4.69, 9.17) is 17.3 Å². The van der Waals surface area contributed by atoms with Crippen LogP contribution in [0.25, 0.3) is 0 Å². The van der Waals surface area contributed by atoms with Crippen molar-refractivity contribution in [1.29, 1.82) is 0 Å². The average Bonchev–Trinajstić information content (AvgIpc) is 2.32. The highest BCUT2D eigenvalue weighted by Gasteiger charge is 2.19. The number of piperazine rings is 1. The Morgan fingerprint density at radius 1 is 1.28 bits per heavy atom. The van der Waals surface area contributed by atoms with Crippen LogP contribution >= 0.6 is 36.4 Å². The molecular weight excluding hydrogens is 293 g/mol. The van der Waals surface area contributed by atoms with E-state index in [0.717, 1.165) is 42.5 Å². The predicted octanol–water partition coefficient (Wildman–Crippen LogP) is 2.73. The first-order valence-electron chi connectivity index (χ1n) is 5.68. The molecule has 1 heterocycles. The maximum atomic E-state index is 6.01. The van der Waals surface area contributed by atoms with Crippen LogP contribution < -0.4 is 11.1 Å².